The second kappa shape index (κ2) is 8.60. The van der Waals surface area contributed by atoms with Gasteiger partial charge >= 0.3 is 0 Å². The minimum Gasteiger partial charge on any atom is -0.483 e. The second-order valence-corrected chi connectivity index (χ2v) is 9.20. The summed E-state index contributed by atoms with van der Waals surface area (Å²) in [5, 5.41) is 2.29. The molecule has 7 nitrogen and oxygen atoms in total. The molecule has 2 aromatic carbocycles. The molecule has 0 aliphatic carbocycles. The highest BCUT2D eigenvalue weighted by atomic mass is 35.5. The monoisotopic (exact) mass is 476 g/mol. The summed E-state index contributed by atoms with van der Waals surface area (Å²) in [6, 6.07) is 12.5. The van der Waals surface area contributed by atoms with Gasteiger partial charge in [0.05, 0.1) is 15.1 Å². The number of carbonyl (C=O) groups is 2. The highest BCUT2D eigenvalue weighted by molar-refractivity contribution is 8.26. The number of fused-ring (bicyclic) bond motifs is 1. The molecule has 0 atom stereocenters. The van der Waals surface area contributed by atoms with Gasteiger partial charge in [-0.2, -0.15) is 5.01 Å². The Balaban J connectivity index is 1.58. The number of nitrogens with zero attached hydrogens (tertiary/aromatic N) is 2. The van der Waals surface area contributed by atoms with Crippen molar-refractivity contribution >= 4 is 84.5 Å². The van der Waals surface area contributed by atoms with Gasteiger partial charge in [-0.15, -0.1) is 0 Å². The number of thiocarbonyl (C=S) groups is 1. The molecule has 30 heavy (non-hydrogen) atoms. The number of primary amides is 1. The second-order valence-electron chi connectivity index (χ2n) is 6.05. The molecule has 0 bridgehead atoms. The van der Waals surface area contributed by atoms with Gasteiger partial charge in [0.15, 0.2) is 10.9 Å². The Labute approximate surface area is 189 Å². The van der Waals surface area contributed by atoms with Crippen LogP contribution < -0.4 is 15.9 Å². The molecule has 0 radical (unpaired) electrons. The molecule has 2 amide bonds. The minimum atomic E-state index is -0.609. The summed E-state index contributed by atoms with van der Waals surface area (Å²) in [7, 11) is 0. The van der Waals surface area contributed by atoms with E-state index in [1.165, 1.54) is 16.3 Å². The number of benzene rings is 2. The molecular formula is C19H13ClN4O3S3. The number of aromatic nitrogens is 1. The number of nitrogens with two attached hydrogens (primary N) is 1. The number of anilines is 1. The number of carbonyl (C=O) groups excluding carboxylic acids is 2. The smallest absolute Gasteiger partial charge is 0.285 e. The third-order valence-corrected chi connectivity index (χ3v) is 6.40. The molecule has 4 rings (SSSR count). The maximum Gasteiger partial charge on any atom is 0.285 e. The normalized spacial score (nSPS) is 15.2. The molecule has 152 valence electrons. The lowest BCUT2D eigenvalue weighted by atomic mass is 10.2. The zero-order valence-electron chi connectivity index (χ0n) is 15.1. The average Bonchev–Trinajstić information content (AvgIpc) is 3.23. The van der Waals surface area contributed by atoms with Crippen LogP contribution in [0.15, 0.2) is 47.4 Å². The number of hydrazine groups is 1. The average molecular weight is 477 g/mol. The van der Waals surface area contributed by atoms with Crippen LogP contribution in [0.2, 0.25) is 5.02 Å². The third kappa shape index (κ3) is 4.41. The van der Waals surface area contributed by atoms with E-state index in [1.807, 2.05) is 24.3 Å². The molecule has 1 fully saturated rings. The fourth-order valence-electron chi connectivity index (χ4n) is 2.63. The highest BCUT2D eigenvalue weighted by Crippen LogP contribution is 2.36. The van der Waals surface area contributed by atoms with Crippen LogP contribution in [0.3, 0.4) is 0 Å². The van der Waals surface area contributed by atoms with Crippen LogP contribution in [0.5, 0.6) is 5.75 Å². The first kappa shape index (κ1) is 20.6. The lowest BCUT2D eigenvalue weighted by Crippen LogP contribution is -2.33. The quantitative estimate of drug-likeness (QED) is 0.409. The van der Waals surface area contributed by atoms with Gasteiger partial charge in [0, 0.05) is 10.6 Å². The SMILES string of the molecule is NC(=O)COc1ccc(Cl)cc1/C=C1\SC(=S)N(Nc2nc3ccccc3s2)C1=O. The largest absolute Gasteiger partial charge is 0.483 e. The van der Waals surface area contributed by atoms with Crippen LogP contribution in [-0.4, -0.2) is 32.7 Å². The van der Waals surface area contributed by atoms with Crippen LogP contribution in [-0.2, 0) is 9.59 Å². The highest BCUT2D eigenvalue weighted by Gasteiger charge is 2.33. The molecule has 1 aliphatic heterocycles. The third-order valence-electron chi connectivity index (χ3n) is 3.92. The first-order chi connectivity index (χ1) is 14.4. The van der Waals surface area contributed by atoms with Crippen molar-refractivity contribution in [3.63, 3.8) is 0 Å². The maximum atomic E-state index is 12.9. The van der Waals surface area contributed by atoms with Crippen molar-refractivity contribution in [3.8, 4) is 5.75 Å². The van der Waals surface area contributed by atoms with Gasteiger partial charge in [-0.25, -0.2) is 4.98 Å². The molecular weight excluding hydrogens is 464 g/mol. The van der Waals surface area contributed by atoms with E-state index in [0.29, 0.717) is 30.7 Å². The van der Waals surface area contributed by atoms with Crippen molar-refractivity contribution < 1.29 is 14.3 Å². The molecule has 0 saturated carbocycles. The van der Waals surface area contributed by atoms with Crippen molar-refractivity contribution in [2.75, 3.05) is 12.0 Å². The Hall–Kier alpha value is -2.66. The number of nitrogens with one attached hydrogen (secondary N) is 1. The van der Waals surface area contributed by atoms with Gasteiger partial charge in [0.1, 0.15) is 5.75 Å². The Kier molecular flexibility index (Phi) is 5.91. The summed E-state index contributed by atoms with van der Waals surface area (Å²) in [4.78, 5) is 28.8. The molecule has 1 saturated heterocycles. The number of hydrogen-bond acceptors (Lipinski definition) is 8. The van der Waals surface area contributed by atoms with E-state index in [1.54, 1.807) is 24.3 Å². The summed E-state index contributed by atoms with van der Waals surface area (Å²) in [5.74, 6) is -0.560. The van der Waals surface area contributed by atoms with Gasteiger partial charge < -0.3 is 10.5 Å². The van der Waals surface area contributed by atoms with Crippen LogP contribution in [0.4, 0.5) is 5.13 Å². The van der Waals surface area contributed by atoms with E-state index in [-0.39, 0.29) is 12.5 Å². The van der Waals surface area contributed by atoms with Crippen molar-refractivity contribution in [1.29, 1.82) is 0 Å². The van der Waals surface area contributed by atoms with Crippen molar-refractivity contribution in [3.05, 3.63) is 58.0 Å². The fourth-order valence-corrected chi connectivity index (χ4v) is 4.84. The summed E-state index contributed by atoms with van der Waals surface area (Å²) < 4.78 is 6.75. The first-order valence-corrected chi connectivity index (χ1v) is 10.9. The number of ether oxygens (including phenoxy) is 1. The van der Waals surface area contributed by atoms with Gasteiger partial charge in [0.25, 0.3) is 11.8 Å². The Bertz CT molecular complexity index is 1180. The lowest BCUT2D eigenvalue weighted by molar-refractivity contribution is -0.121. The van der Waals surface area contributed by atoms with Crippen molar-refractivity contribution in [2.24, 2.45) is 5.73 Å². The predicted octanol–water partition coefficient (Wildman–Crippen LogP) is 4.04. The minimum absolute atomic E-state index is 0.289. The number of rotatable bonds is 6. The molecule has 1 aromatic heterocycles. The topological polar surface area (TPSA) is 97.6 Å². The number of thiazole rings is 1. The maximum absolute atomic E-state index is 12.9. The van der Waals surface area contributed by atoms with Crippen molar-refractivity contribution in [2.45, 2.75) is 0 Å². The van der Waals surface area contributed by atoms with Crippen LogP contribution >= 0.6 is 46.9 Å². The number of hydrogen-bond donors (Lipinski definition) is 2. The molecule has 3 aromatic rings. The summed E-state index contributed by atoms with van der Waals surface area (Å²) in [6.45, 7) is -0.289. The zero-order valence-corrected chi connectivity index (χ0v) is 18.3. The number of thioether (sulfide) groups is 1. The standard InChI is InChI=1S/C19H13ClN4O3S3/c20-11-5-6-13(27-9-16(21)25)10(7-11)8-15-17(26)24(19(28)30-15)23-18-22-12-3-1-2-4-14(12)29-18/h1-8H,9H2,(H2,21,25)(H,22,23)/b15-8-. The summed E-state index contributed by atoms with van der Waals surface area (Å²) in [6.07, 6.45) is 1.61. The van der Waals surface area contributed by atoms with Gasteiger partial charge in [0.2, 0.25) is 5.13 Å². The summed E-state index contributed by atoms with van der Waals surface area (Å²) in [5.41, 5.74) is 9.49. The fraction of sp³-hybridized carbons (Fsp3) is 0.0526. The van der Waals surface area contributed by atoms with Gasteiger partial charge in [-0.3, -0.25) is 15.0 Å². The number of halogens is 1. The van der Waals surface area contributed by atoms with Gasteiger partial charge in [-0.1, -0.05) is 46.8 Å². The van der Waals surface area contributed by atoms with Crippen molar-refractivity contribution in [1.82, 2.24) is 9.99 Å². The van der Waals surface area contributed by atoms with Crippen LogP contribution in [0.25, 0.3) is 16.3 Å². The van der Waals surface area contributed by atoms with Crippen LogP contribution in [0.1, 0.15) is 5.56 Å². The molecule has 11 heteroatoms. The predicted molar refractivity (Wildman–Crippen MR) is 124 cm³/mol. The van der Waals surface area contributed by atoms with E-state index < -0.39 is 5.91 Å². The van der Waals surface area contributed by atoms with Gasteiger partial charge in [-0.05, 0) is 48.6 Å². The Morgan fingerprint density at radius 1 is 1.33 bits per heavy atom. The molecule has 2 heterocycles. The molecule has 3 N–H and O–H groups in total. The number of para-hydroxylation sites is 1. The Morgan fingerprint density at radius 3 is 2.90 bits per heavy atom. The van der Waals surface area contributed by atoms with E-state index in [9.17, 15) is 9.59 Å². The van der Waals surface area contributed by atoms with E-state index in [0.717, 1.165) is 22.0 Å². The van der Waals surface area contributed by atoms with E-state index in [2.05, 4.69) is 10.4 Å². The summed E-state index contributed by atoms with van der Waals surface area (Å²) >= 11 is 14.0. The van der Waals surface area contributed by atoms with Crippen LogP contribution in [0, 0.1) is 0 Å². The first-order valence-electron chi connectivity index (χ1n) is 8.51. The zero-order chi connectivity index (χ0) is 21.3. The molecule has 1 aliphatic rings. The molecule has 0 unspecified atom stereocenters. The number of amides is 2. The van der Waals surface area contributed by atoms with E-state index >= 15 is 0 Å². The Morgan fingerprint density at radius 2 is 2.13 bits per heavy atom. The van der Waals surface area contributed by atoms with E-state index in [4.69, 9.17) is 34.3 Å². The molecule has 0 spiro atoms. The lowest BCUT2D eigenvalue weighted by Gasteiger charge is -2.14.